The quantitative estimate of drug-likeness (QED) is 0.786. The molecule has 0 unspecified atom stereocenters. The molecular weight excluding hydrogens is 214 g/mol. The van der Waals surface area contributed by atoms with E-state index < -0.39 is 0 Å². The summed E-state index contributed by atoms with van der Waals surface area (Å²) < 4.78 is 0. The Labute approximate surface area is 93.3 Å². The average Bonchev–Trinajstić information content (AvgIpc) is 2.16. The minimum absolute atomic E-state index is 0.0681. The van der Waals surface area contributed by atoms with Crippen LogP contribution in [0.3, 0.4) is 0 Å². The minimum Gasteiger partial charge on any atom is -0.390 e. The van der Waals surface area contributed by atoms with Crippen molar-refractivity contribution in [3.63, 3.8) is 0 Å². The van der Waals surface area contributed by atoms with Crippen LogP contribution in [-0.2, 0) is 0 Å². The van der Waals surface area contributed by atoms with E-state index in [0.717, 1.165) is 0 Å². The molecule has 0 spiro atoms. The third kappa shape index (κ3) is 2.56. The summed E-state index contributed by atoms with van der Waals surface area (Å²) in [6.07, 6.45) is -0.261. The number of benzene rings is 1. The summed E-state index contributed by atoms with van der Waals surface area (Å²) in [5, 5.41) is 9.70. The number of rotatable bonds is 3. The zero-order chi connectivity index (χ0) is 10.8. The molecule has 0 bridgehead atoms. The number of carbonyl (C=O) groups excluding carboxylic acids is 1. The second-order valence-corrected chi connectivity index (χ2v) is 4.21. The van der Waals surface area contributed by atoms with Crippen LogP contribution in [0, 0.1) is 0 Å². The molecule has 3 nitrogen and oxygen atoms in total. The zero-order valence-electron chi connectivity index (χ0n) is 8.19. The van der Waals surface area contributed by atoms with Crippen LogP contribution in [0.25, 0.3) is 0 Å². The lowest BCUT2D eigenvalue weighted by atomic mass is 10.1. The van der Waals surface area contributed by atoms with E-state index in [2.05, 4.69) is 0 Å². The molecule has 4 heteroatoms. The fraction of sp³-hybridized carbons (Fsp3) is 0.364. The molecule has 0 atom stereocenters. The van der Waals surface area contributed by atoms with Gasteiger partial charge in [-0.05, 0) is 24.3 Å². The van der Waals surface area contributed by atoms with Crippen LogP contribution < -0.4 is 0 Å². The van der Waals surface area contributed by atoms with Gasteiger partial charge in [-0.2, -0.15) is 0 Å². The van der Waals surface area contributed by atoms with Gasteiger partial charge in [-0.1, -0.05) is 11.6 Å². The average molecular weight is 226 g/mol. The van der Waals surface area contributed by atoms with Crippen molar-refractivity contribution in [1.82, 2.24) is 4.90 Å². The van der Waals surface area contributed by atoms with E-state index in [0.29, 0.717) is 30.2 Å². The molecular formula is C11H12ClNO2. The standard InChI is InChI=1S/C11H12ClNO2/c12-9-3-1-8(2-4-9)11(15)7-13-5-10(14)6-13/h1-4,10,14H,5-7H2. The summed E-state index contributed by atoms with van der Waals surface area (Å²) in [6, 6.07) is 6.86. The molecule has 15 heavy (non-hydrogen) atoms. The molecule has 0 aromatic heterocycles. The van der Waals surface area contributed by atoms with Crippen LogP contribution in [0.4, 0.5) is 0 Å². The summed E-state index contributed by atoms with van der Waals surface area (Å²) in [6.45, 7) is 1.57. The van der Waals surface area contributed by atoms with E-state index in [-0.39, 0.29) is 11.9 Å². The van der Waals surface area contributed by atoms with E-state index in [9.17, 15) is 4.79 Å². The van der Waals surface area contributed by atoms with Crippen LogP contribution in [0.5, 0.6) is 0 Å². The molecule has 1 heterocycles. The van der Waals surface area contributed by atoms with Crippen molar-refractivity contribution in [2.24, 2.45) is 0 Å². The van der Waals surface area contributed by atoms with E-state index in [1.165, 1.54) is 0 Å². The summed E-state index contributed by atoms with van der Waals surface area (Å²) in [7, 11) is 0. The number of hydrogen-bond acceptors (Lipinski definition) is 3. The van der Waals surface area contributed by atoms with Crippen LogP contribution in [0.2, 0.25) is 5.02 Å². The highest BCUT2D eigenvalue weighted by Crippen LogP contribution is 2.12. The number of ketones is 1. The van der Waals surface area contributed by atoms with E-state index in [4.69, 9.17) is 16.7 Å². The van der Waals surface area contributed by atoms with Gasteiger partial charge < -0.3 is 5.11 Å². The lowest BCUT2D eigenvalue weighted by Crippen LogP contribution is -2.52. The molecule has 0 amide bonds. The summed E-state index contributed by atoms with van der Waals surface area (Å²) in [5.41, 5.74) is 0.667. The van der Waals surface area contributed by atoms with Crippen LogP contribution >= 0.6 is 11.6 Å². The van der Waals surface area contributed by atoms with Gasteiger partial charge in [-0.3, -0.25) is 9.69 Å². The maximum atomic E-state index is 11.7. The molecule has 1 fully saturated rings. The van der Waals surface area contributed by atoms with Crippen molar-refractivity contribution in [3.05, 3.63) is 34.9 Å². The van der Waals surface area contributed by atoms with E-state index >= 15 is 0 Å². The van der Waals surface area contributed by atoms with Crippen molar-refractivity contribution in [3.8, 4) is 0 Å². The van der Waals surface area contributed by atoms with Gasteiger partial charge in [-0.25, -0.2) is 0 Å². The number of aliphatic hydroxyl groups is 1. The van der Waals surface area contributed by atoms with Gasteiger partial charge >= 0.3 is 0 Å². The van der Waals surface area contributed by atoms with Crippen molar-refractivity contribution in [2.75, 3.05) is 19.6 Å². The molecule has 80 valence electrons. The molecule has 1 aliphatic heterocycles. The Morgan fingerprint density at radius 1 is 1.40 bits per heavy atom. The van der Waals surface area contributed by atoms with Crippen molar-refractivity contribution < 1.29 is 9.90 Å². The second kappa shape index (κ2) is 4.31. The first-order valence-corrected chi connectivity index (χ1v) is 5.22. The van der Waals surface area contributed by atoms with Gasteiger partial charge in [0.2, 0.25) is 0 Å². The van der Waals surface area contributed by atoms with E-state index in [1.54, 1.807) is 24.3 Å². The lowest BCUT2D eigenvalue weighted by Gasteiger charge is -2.35. The molecule has 1 aromatic carbocycles. The normalized spacial score (nSPS) is 17.5. The molecule has 0 aliphatic carbocycles. The van der Waals surface area contributed by atoms with Crippen molar-refractivity contribution in [2.45, 2.75) is 6.10 Å². The molecule has 2 rings (SSSR count). The molecule has 1 N–H and O–H groups in total. The fourth-order valence-corrected chi connectivity index (χ4v) is 1.73. The SMILES string of the molecule is O=C(CN1CC(O)C1)c1ccc(Cl)cc1. The zero-order valence-corrected chi connectivity index (χ0v) is 8.94. The van der Waals surface area contributed by atoms with Gasteiger partial charge in [-0.15, -0.1) is 0 Å². The van der Waals surface area contributed by atoms with Crippen molar-refractivity contribution in [1.29, 1.82) is 0 Å². The highest BCUT2D eigenvalue weighted by molar-refractivity contribution is 6.30. The number of nitrogens with zero attached hydrogens (tertiary/aromatic N) is 1. The molecule has 0 radical (unpaired) electrons. The first-order valence-electron chi connectivity index (χ1n) is 4.84. The number of carbonyl (C=O) groups is 1. The number of hydrogen-bond donors (Lipinski definition) is 1. The highest BCUT2D eigenvalue weighted by atomic mass is 35.5. The first-order chi connectivity index (χ1) is 7.15. The van der Waals surface area contributed by atoms with Crippen LogP contribution in [0.15, 0.2) is 24.3 Å². The van der Waals surface area contributed by atoms with Gasteiger partial charge in [0.15, 0.2) is 5.78 Å². The summed E-state index contributed by atoms with van der Waals surface area (Å²) >= 11 is 5.72. The lowest BCUT2D eigenvalue weighted by molar-refractivity contribution is 0.00515. The van der Waals surface area contributed by atoms with Crippen molar-refractivity contribution >= 4 is 17.4 Å². The number of likely N-dealkylation sites (tertiary alicyclic amines) is 1. The Kier molecular flexibility index (Phi) is 3.05. The van der Waals surface area contributed by atoms with Gasteiger partial charge in [0.05, 0.1) is 12.6 Å². The van der Waals surface area contributed by atoms with Crippen LogP contribution in [0.1, 0.15) is 10.4 Å². The Morgan fingerprint density at radius 2 is 2.00 bits per heavy atom. The Morgan fingerprint density at radius 3 is 2.53 bits per heavy atom. The van der Waals surface area contributed by atoms with Crippen LogP contribution in [-0.4, -0.2) is 41.5 Å². The Balaban J connectivity index is 1.93. The first kappa shape index (κ1) is 10.6. The Hall–Kier alpha value is -0.900. The maximum absolute atomic E-state index is 11.7. The monoisotopic (exact) mass is 225 g/mol. The topological polar surface area (TPSA) is 40.5 Å². The highest BCUT2D eigenvalue weighted by Gasteiger charge is 2.26. The third-order valence-corrected chi connectivity index (χ3v) is 2.72. The minimum atomic E-state index is -0.261. The van der Waals surface area contributed by atoms with E-state index in [1.807, 2.05) is 4.90 Å². The van der Waals surface area contributed by atoms with Gasteiger partial charge in [0.1, 0.15) is 0 Å². The summed E-state index contributed by atoms with van der Waals surface area (Å²) in [4.78, 5) is 13.6. The predicted octanol–water partition coefficient (Wildman–Crippen LogP) is 1.20. The fourth-order valence-electron chi connectivity index (χ4n) is 1.60. The predicted molar refractivity (Wildman–Crippen MR) is 58.2 cm³/mol. The van der Waals surface area contributed by atoms with Gasteiger partial charge in [0.25, 0.3) is 0 Å². The Bertz CT molecular complexity index is 357. The smallest absolute Gasteiger partial charge is 0.176 e. The number of halogens is 1. The molecule has 0 saturated carbocycles. The van der Waals surface area contributed by atoms with Gasteiger partial charge in [0, 0.05) is 23.7 Å². The molecule has 1 aliphatic rings. The molecule has 1 saturated heterocycles. The number of Topliss-reactive ketones (excluding diaryl/α,β-unsaturated/α-hetero) is 1. The number of β-amino-alcohol motifs (C(OH)–C–C–N with tert-alkyl or cyclic N) is 1. The largest absolute Gasteiger partial charge is 0.390 e. The molecule has 1 aromatic rings. The second-order valence-electron chi connectivity index (χ2n) is 3.78. The maximum Gasteiger partial charge on any atom is 0.176 e. The number of aliphatic hydroxyl groups excluding tert-OH is 1. The third-order valence-electron chi connectivity index (χ3n) is 2.47. The summed E-state index contributed by atoms with van der Waals surface area (Å²) in [5.74, 6) is 0.0681.